The number of benzene rings is 11. The number of anilines is 6. The lowest BCUT2D eigenvalue weighted by molar-refractivity contribution is 0.532. The monoisotopic (exact) mass is 1060 g/mol. The number of hydrogen-bond donors (Lipinski definition) is 0. The van der Waals surface area contributed by atoms with Crippen LogP contribution in [-0.2, 0) is 5.41 Å². The van der Waals surface area contributed by atoms with Gasteiger partial charge in [0, 0.05) is 57.7 Å². The van der Waals surface area contributed by atoms with E-state index in [4.69, 9.17) is 8.83 Å². The third-order valence-corrected chi connectivity index (χ3v) is 15.7. The molecule has 2 heterocycles. The molecule has 0 bridgehead atoms. The van der Waals surface area contributed by atoms with Crippen LogP contribution in [0.5, 0.6) is 0 Å². The third-order valence-electron chi connectivity index (χ3n) is 15.7. The van der Waals surface area contributed by atoms with Crippen LogP contribution in [0.15, 0.2) is 282 Å². The topological polar surface area (TPSA) is 84.3 Å². The van der Waals surface area contributed by atoms with E-state index in [2.05, 4.69) is 317 Å². The molecule has 392 valence electrons. The van der Waals surface area contributed by atoms with Gasteiger partial charge in [0.25, 0.3) is 0 Å². The molecular weight excluding hydrogens is 1000 g/mol. The molecular formula is C74H54N6O2. The molecule has 0 amide bonds. The van der Waals surface area contributed by atoms with Crippen LogP contribution in [0.4, 0.5) is 34.1 Å². The van der Waals surface area contributed by atoms with Crippen molar-refractivity contribution in [1.29, 1.82) is 0 Å². The number of fused-ring (bicyclic) bond motifs is 3. The molecule has 1 aliphatic rings. The van der Waals surface area contributed by atoms with Crippen molar-refractivity contribution in [3.63, 3.8) is 0 Å². The van der Waals surface area contributed by atoms with Crippen LogP contribution in [0.25, 0.3) is 67.7 Å². The first-order valence-electron chi connectivity index (χ1n) is 27.6. The fraction of sp³-hybridized carbons (Fsp3) is 0.0541. The molecule has 2 aromatic heterocycles. The number of hydrogen-bond acceptors (Lipinski definition) is 8. The van der Waals surface area contributed by atoms with E-state index in [0.717, 1.165) is 106 Å². The summed E-state index contributed by atoms with van der Waals surface area (Å²) < 4.78 is 12.5. The SMILES string of the molecule is Cc1cccc(N(c2ccccc2)c2ccc(-c3ccc(N(c4ccc(-c5ccc(-c6nnc(-c7ccc8c(c7)C(c7ccccc7)(c7ccccc7)c7cc(-c9nnc(C)o9)ccc7-8)o6)cc5)cc4)c4cccc(C)c4)cc3)cc2)c1. The van der Waals surface area contributed by atoms with E-state index in [1.807, 2.05) is 6.92 Å². The summed E-state index contributed by atoms with van der Waals surface area (Å²) in [6.45, 7) is 6.09. The Kier molecular flexibility index (Phi) is 12.6. The molecule has 8 nitrogen and oxygen atoms in total. The molecule has 82 heavy (non-hydrogen) atoms. The van der Waals surface area contributed by atoms with E-state index in [-0.39, 0.29) is 0 Å². The average molecular weight is 1060 g/mol. The van der Waals surface area contributed by atoms with Crippen LogP contribution in [0, 0.1) is 20.8 Å². The predicted molar refractivity (Wildman–Crippen MR) is 330 cm³/mol. The Hall–Kier alpha value is -10.7. The number of aromatic nitrogens is 4. The molecule has 0 saturated carbocycles. The average Bonchev–Trinajstić information content (AvgIpc) is 2.43. The lowest BCUT2D eigenvalue weighted by atomic mass is 9.67. The fourth-order valence-electron chi connectivity index (χ4n) is 11.8. The minimum absolute atomic E-state index is 0.442. The Balaban J connectivity index is 0.730. The molecule has 0 fully saturated rings. The van der Waals surface area contributed by atoms with Gasteiger partial charge < -0.3 is 18.6 Å². The first-order valence-corrected chi connectivity index (χ1v) is 27.6. The molecule has 13 aromatic rings. The zero-order valence-electron chi connectivity index (χ0n) is 45.5. The van der Waals surface area contributed by atoms with Crippen LogP contribution in [0.3, 0.4) is 0 Å². The highest BCUT2D eigenvalue weighted by molar-refractivity contribution is 5.90. The molecule has 14 rings (SSSR count). The first kappa shape index (κ1) is 49.6. The minimum atomic E-state index is -0.681. The fourth-order valence-corrected chi connectivity index (χ4v) is 11.8. The van der Waals surface area contributed by atoms with Crippen LogP contribution in [0.1, 0.15) is 39.3 Å². The van der Waals surface area contributed by atoms with Crippen molar-refractivity contribution >= 4 is 34.1 Å². The highest BCUT2D eigenvalue weighted by atomic mass is 16.4. The van der Waals surface area contributed by atoms with Crippen LogP contribution in [-0.4, -0.2) is 20.4 Å². The molecule has 0 atom stereocenters. The Bertz CT molecular complexity index is 4360. The first-order chi connectivity index (χ1) is 40.3. The Morgan fingerprint density at radius 2 is 0.622 bits per heavy atom. The number of rotatable bonds is 13. The lowest BCUT2D eigenvalue weighted by Gasteiger charge is -2.34. The highest BCUT2D eigenvalue weighted by Gasteiger charge is 2.47. The zero-order valence-corrected chi connectivity index (χ0v) is 45.5. The summed E-state index contributed by atoms with van der Waals surface area (Å²) in [7, 11) is 0. The van der Waals surface area contributed by atoms with E-state index < -0.39 is 5.41 Å². The standard InChI is InChI=1S/C74H54N6O2/c1-49-15-13-23-65(45-49)79(61-21-11-6-12-22-61)62-37-31-54(32-38-62)55-33-41-64(42-34-55)80(66-24-14-16-50(2)46-66)63-39-29-53(30-40-63)52-25-27-56(28-26-52)71-77-78-73(82-71)58-36-44-68-67-43-35-57(72-76-75-51(3)81-72)47-69(67)74(70(68)48-58,59-17-7-4-8-18-59)60-19-9-5-10-20-60/h4-48H,1-3H3. The van der Waals surface area contributed by atoms with E-state index >= 15 is 0 Å². The second kappa shape index (κ2) is 20.8. The maximum Gasteiger partial charge on any atom is 0.248 e. The number of nitrogens with zero attached hydrogens (tertiary/aromatic N) is 6. The van der Waals surface area contributed by atoms with Gasteiger partial charge in [0.2, 0.25) is 23.6 Å². The quantitative estimate of drug-likeness (QED) is 0.113. The Morgan fingerprint density at radius 3 is 1.04 bits per heavy atom. The Labute approximate surface area is 476 Å². The normalized spacial score (nSPS) is 12.2. The van der Waals surface area contributed by atoms with Gasteiger partial charge in [-0.05, 0) is 190 Å². The molecule has 0 unspecified atom stereocenters. The molecule has 0 aliphatic heterocycles. The maximum absolute atomic E-state index is 6.55. The molecule has 0 N–H and O–H groups in total. The van der Waals surface area contributed by atoms with Gasteiger partial charge in [-0.25, -0.2) is 0 Å². The van der Waals surface area contributed by atoms with E-state index in [0.29, 0.717) is 23.6 Å². The van der Waals surface area contributed by atoms with Gasteiger partial charge in [-0.3, -0.25) is 0 Å². The van der Waals surface area contributed by atoms with E-state index in [9.17, 15) is 0 Å². The summed E-state index contributed by atoms with van der Waals surface area (Å²) in [4.78, 5) is 4.62. The zero-order chi connectivity index (χ0) is 55.2. The summed E-state index contributed by atoms with van der Waals surface area (Å²) in [6.07, 6.45) is 0. The molecule has 0 spiro atoms. The van der Waals surface area contributed by atoms with Gasteiger partial charge >= 0.3 is 0 Å². The summed E-state index contributed by atoms with van der Waals surface area (Å²) in [5.74, 6) is 1.89. The molecule has 0 radical (unpaired) electrons. The van der Waals surface area contributed by atoms with Crippen molar-refractivity contribution in [3.05, 3.63) is 312 Å². The largest absolute Gasteiger partial charge is 0.421 e. The molecule has 1 aliphatic carbocycles. The second-order valence-electron chi connectivity index (χ2n) is 20.9. The van der Waals surface area contributed by atoms with Gasteiger partial charge in [-0.2, -0.15) is 0 Å². The van der Waals surface area contributed by atoms with Gasteiger partial charge in [-0.15, -0.1) is 20.4 Å². The van der Waals surface area contributed by atoms with Crippen LogP contribution >= 0.6 is 0 Å². The van der Waals surface area contributed by atoms with Crippen molar-refractivity contribution in [2.75, 3.05) is 9.80 Å². The number of para-hydroxylation sites is 1. The highest BCUT2D eigenvalue weighted by Crippen LogP contribution is 2.57. The van der Waals surface area contributed by atoms with E-state index in [1.54, 1.807) is 0 Å². The van der Waals surface area contributed by atoms with Crippen molar-refractivity contribution < 1.29 is 8.83 Å². The summed E-state index contributed by atoms with van der Waals surface area (Å²) in [6, 6.07) is 96.9. The van der Waals surface area contributed by atoms with Gasteiger partial charge in [0.15, 0.2) is 0 Å². The smallest absolute Gasteiger partial charge is 0.248 e. The second-order valence-corrected chi connectivity index (χ2v) is 20.9. The van der Waals surface area contributed by atoms with Crippen molar-refractivity contribution in [1.82, 2.24) is 20.4 Å². The minimum Gasteiger partial charge on any atom is -0.421 e. The van der Waals surface area contributed by atoms with Crippen LogP contribution in [0.2, 0.25) is 0 Å². The van der Waals surface area contributed by atoms with Gasteiger partial charge in [0.1, 0.15) is 0 Å². The molecule has 0 saturated heterocycles. The Morgan fingerprint density at radius 1 is 0.280 bits per heavy atom. The van der Waals surface area contributed by atoms with Crippen molar-refractivity contribution in [2.24, 2.45) is 0 Å². The van der Waals surface area contributed by atoms with Gasteiger partial charge in [0.05, 0.1) is 5.41 Å². The van der Waals surface area contributed by atoms with Crippen LogP contribution < -0.4 is 9.80 Å². The van der Waals surface area contributed by atoms with Crippen molar-refractivity contribution in [2.45, 2.75) is 26.2 Å². The summed E-state index contributed by atoms with van der Waals surface area (Å²) in [5, 5.41) is 17.8. The molecule has 11 aromatic carbocycles. The number of aryl methyl sites for hydroxylation is 3. The molecule has 8 heteroatoms. The lowest BCUT2D eigenvalue weighted by Crippen LogP contribution is -2.28. The summed E-state index contributed by atoms with van der Waals surface area (Å²) >= 11 is 0. The maximum atomic E-state index is 6.55. The van der Waals surface area contributed by atoms with Gasteiger partial charge in [-0.1, -0.05) is 164 Å². The van der Waals surface area contributed by atoms with E-state index in [1.165, 1.54) is 11.1 Å². The third kappa shape index (κ3) is 9.02. The van der Waals surface area contributed by atoms with Crippen molar-refractivity contribution in [3.8, 4) is 67.7 Å². The summed E-state index contributed by atoms with van der Waals surface area (Å²) in [5.41, 5.74) is 22.1. The predicted octanol–water partition coefficient (Wildman–Crippen LogP) is 19.0.